The molecule has 2 aromatic carbocycles. The molecule has 22 heavy (non-hydrogen) atoms. The van der Waals surface area contributed by atoms with Crippen LogP contribution in [0.15, 0.2) is 57.7 Å². The van der Waals surface area contributed by atoms with E-state index in [1.807, 2.05) is 62.4 Å². The first-order valence-electron chi connectivity index (χ1n) is 7.48. The Morgan fingerprint density at radius 1 is 0.955 bits per heavy atom. The molecule has 2 atom stereocenters. The molecule has 3 nitrogen and oxygen atoms in total. The van der Waals surface area contributed by atoms with Gasteiger partial charge in [-0.2, -0.15) is 0 Å². The normalized spacial score (nSPS) is 19.9. The molecule has 1 aromatic heterocycles. The fourth-order valence-electron chi connectivity index (χ4n) is 3.13. The predicted octanol–water partition coefficient (Wildman–Crippen LogP) is 4.34. The first-order chi connectivity index (χ1) is 10.7. The van der Waals surface area contributed by atoms with Crippen molar-refractivity contribution in [2.45, 2.75) is 25.9 Å². The van der Waals surface area contributed by atoms with E-state index >= 15 is 0 Å². The van der Waals surface area contributed by atoms with Crippen LogP contribution in [0.25, 0.3) is 22.1 Å². The van der Waals surface area contributed by atoms with Gasteiger partial charge in [0.1, 0.15) is 17.4 Å². The molecule has 1 aliphatic rings. The molecule has 0 spiro atoms. The lowest BCUT2D eigenvalue weighted by Crippen LogP contribution is -2.14. The summed E-state index contributed by atoms with van der Waals surface area (Å²) in [5.74, 6) is 0.727. The summed E-state index contributed by atoms with van der Waals surface area (Å²) < 4.78 is 11.6. The standard InChI is InChI=1S/C19H16O3/c1-11-12(2)21-18-16(11)19(20)22-15-10-6-9-14(17(15)18)13-7-4-3-5-8-13/h3-12H,1-2H3/t11-,12-/m0/s1. The molecular weight excluding hydrogens is 276 g/mol. The van der Waals surface area contributed by atoms with Gasteiger partial charge in [-0.3, -0.25) is 0 Å². The zero-order valence-corrected chi connectivity index (χ0v) is 12.5. The van der Waals surface area contributed by atoms with Gasteiger partial charge in [0.05, 0.1) is 10.9 Å². The van der Waals surface area contributed by atoms with Crippen LogP contribution in [0.2, 0.25) is 0 Å². The van der Waals surface area contributed by atoms with Crippen LogP contribution in [0.4, 0.5) is 0 Å². The predicted molar refractivity (Wildman–Crippen MR) is 86.4 cm³/mol. The van der Waals surface area contributed by atoms with E-state index < -0.39 is 0 Å². The highest BCUT2D eigenvalue weighted by Crippen LogP contribution is 2.44. The smallest absolute Gasteiger partial charge is 0.343 e. The second kappa shape index (κ2) is 4.73. The number of fused-ring (bicyclic) bond motifs is 3. The molecule has 0 fully saturated rings. The summed E-state index contributed by atoms with van der Waals surface area (Å²) in [7, 11) is 0. The molecule has 0 unspecified atom stereocenters. The van der Waals surface area contributed by atoms with Crippen molar-refractivity contribution in [1.29, 1.82) is 0 Å². The van der Waals surface area contributed by atoms with Gasteiger partial charge in [0.2, 0.25) is 0 Å². The third-order valence-electron chi connectivity index (χ3n) is 4.47. The van der Waals surface area contributed by atoms with Gasteiger partial charge < -0.3 is 9.15 Å². The van der Waals surface area contributed by atoms with E-state index in [0.29, 0.717) is 16.9 Å². The zero-order chi connectivity index (χ0) is 15.3. The van der Waals surface area contributed by atoms with Crippen molar-refractivity contribution in [3.8, 4) is 16.9 Å². The summed E-state index contributed by atoms with van der Waals surface area (Å²) in [5.41, 5.74) is 3.05. The maximum atomic E-state index is 12.3. The van der Waals surface area contributed by atoms with Crippen molar-refractivity contribution in [2.24, 2.45) is 0 Å². The Labute approximate surface area is 128 Å². The number of rotatable bonds is 1. The summed E-state index contributed by atoms with van der Waals surface area (Å²) in [5, 5.41) is 0.888. The number of hydrogen-bond acceptors (Lipinski definition) is 3. The highest BCUT2D eigenvalue weighted by Gasteiger charge is 2.34. The van der Waals surface area contributed by atoms with Gasteiger partial charge in [0.15, 0.2) is 0 Å². The number of hydrogen-bond donors (Lipinski definition) is 0. The largest absolute Gasteiger partial charge is 0.489 e. The van der Waals surface area contributed by atoms with Gasteiger partial charge in [-0.1, -0.05) is 49.4 Å². The summed E-state index contributed by atoms with van der Waals surface area (Å²) in [6, 6.07) is 15.8. The summed E-state index contributed by atoms with van der Waals surface area (Å²) in [6.45, 7) is 3.99. The Balaban J connectivity index is 2.12. The van der Waals surface area contributed by atoms with Crippen molar-refractivity contribution in [2.75, 3.05) is 0 Å². The van der Waals surface area contributed by atoms with Crippen molar-refractivity contribution in [3.63, 3.8) is 0 Å². The lowest BCUT2D eigenvalue weighted by Gasteiger charge is -2.10. The van der Waals surface area contributed by atoms with Crippen LogP contribution in [0.3, 0.4) is 0 Å². The van der Waals surface area contributed by atoms with Crippen LogP contribution in [0.5, 0.6) is 5.75 Å². The van der Waals surface area contributed by atoms with Crippen molar-refractivity contribution < 1.29 is 9.15 Å². The second-order valence-electron chi connectivity index (χ2n) is 5.79. The maximum Gasteiger partial charge on any atom is 0.343 e. The van der Waals surface area contributed by atoms with E-state index in [1.165, 1.54) is 0 Å². The average molecular weight is 292 g/mol. The van der Waals surface area contributed by atoms with Gasteiger partial charge in [0, 0.05) is 5.92 Å². The second-order valence-corrected chi connectivity index (χ2v) is 5.79. The van der Waals surface area contributed by atoms with Crippen LogP contribution >= 0.6 is 0 Å². The maximum absolute atomic E-state index is 12.3. The van der Waals surface area contributed by atoms with Crippen molar-refractivity contribution >= 4 is 11.0 Å². The molecule has 3 heteroatoms. The molecular formula is C19H16O3. The van der Waals surface area contributed by atoms with E-state index in [-0.39, 0.29) is 17.6 Å². The van der Waals surface area contributed by atoms with E-state index in [1.54, 1.807) is 0 Å². The molecule has 2 heterocycles. The topological polar surface area (TPSA) is 39.4 Å². The Kier molecular flexibility index (Phi) is 2.83. The van der Waals surface area contributed by atoms with Gasteiger partial charge >= 0.3 is 5.63 Å². The fourth-order valence-corrected chi connectivity index (χ4v) is 3.13. The highest BCUT2D eigenvalue weighted by molar-refractivity contribution is 5.99. The molecule has 0 aliphatic carbocycles. The SMILES string of the molecule is C[C@@H]1Oc2c(c(=O)oc3cccc(-c4ccccc4)c23)[C@H]1C. The fraction of sp³-hybridized carbons (Fsp3) is 0.211. The lowest BCUT2D eigenvalue weighted by molar-refractivity contribution is 0.234. The summed E-state index contributed by atoms with van der Waals surface area (Å²) in [6.07, 6.45) is -0.0210. The Bertz CT molecular complexity index is 909. The molecule has 3 aromatic rings. The van der Waals surface area contributed by atoms with E-state index in [0.717, 1.165) is 16.5 Å². The van der Waals surface area contributed by atoms with Crippen molar-refractivity contribution in [3.05, 3.63) is 64.5 Å². The minimum Gasteiger partial charge on any atom is -0.489 e. The Morgan fingerprint density at radius 2 is 1.73 bits per heavy atom. The quantitative estimate of drug-likeness (QED) is 0.626. The minimum absolute atomic E-state index is 0.0210. The van der Waals surface area contributed by atoms with E-state index in [4.69, 9.17) is 9.15 Å². The van der Waals surface area contributed by atoms with Crippen molar-refractivity contribution in [1.82, 2.24) is 0 Å². The molecule has 4 rings (SSSR count). The monoisotopic (exact) mass is 292 g/mol. The average Bonchev–Trinajstić information content (AvgIpc) is 2.84. The highest BCUT2D eigenvalue weighted by atomic mass is 16.5. The van der Waals surface area contributed by atoms with Crippen LogP contribution in [0, 0.1) is 0 Å². The Hall–Kier alpha value is -2.55. The zero-order valence-electron chi connectivity index (χ0n) is 12.5. The van der Waals surface area contributed by atoms with Crippen LogP contribution < -0.4 is 10.4 Å². The van der Waals surface area contributed by atoms with Gasteiger partial charge in [0.25, 0.3) is 0 Å². The molecule has 0 saturated heterocycles. The van der Waals surface area contributed by atoms with Gasteiger partial charge in [-0.15, -0.1) is 0 Å². The molecule has 0 saturated carbocycles. The molecule has 0 N–H and O–H groups in total. The van der Waals surface area contributed by atoms with Crippen LogP contribution in [0.1, 0.15) is 25.3 Å². The summed E-state index contributed by atoms with van der Waals surface area (Å²) in [4.78, 5) is 12.3. The van der Waals surface area contributed by atoms with E-state index in [2.05, 4.69) is 0 Å². The molecule has 0 bridgehead atoms. The number of ether oxygens (including phenoxy) is 1. The molecule has 0 radical (unpaired) electrons. The third-order valence-corrected chi connectivity index (χ3v) is 4.47. The van der Waals surface area contributed by atoms with E-state index in [9.17, 15) is 4.79 Å². The number of benzene rings is 2. The molecule has 0 amide bonds. The van der Waals surface area contributed by atoms with Crippen LogP contribution in [-0.4, -0.2) is 6.10 Å². The summed E-state index contributed by atoms with van der Waals surface area (Å²) >= 11 is 0. The minimum atomic E-state index is -0.287. The van der Waals surface area contributed by atoms with Gasteiger partial charge in [-0.05, 0) is 24.1 Å². The lowest BCUT2D eigenvalue weighted by atomic mass is 9.96. The first kappa shape index (κ1) is 13.1. The molecule has 1 aliphatic heterocycles. The van der Waals surface area contributed by atoms with Gasteiger partial charge in [-0.25, -0.2) is 4.79 Å². The molecule has 110 valence electrons. The Morgan fingerprint density at radius 3 is 2.50 bits per heavy atom. The third kappa shape index (κ3) is 1.78. The first-order valence-corrected chi connectivity index (χ1v) is 7.48. The van der Waals surface area contributed by atoms with Crippen LogP contribution in [-0.2, 0) is 0 Å².